The van der Waals surface area contributed by atoms with Gasteiger partial charge in [0.2, 0.25) is 5.95 Å². The van der Waals surface area contributed by atoms with Gasteiger partial charge in [0.1, 0.15) is 14.9 Å². The van der Waals surface area contributed by atoms with Gasteiger partial charge in [0, 0.05) is 19.1 Å². The van der Waals surface area contributed by atoms with Crippen LogP contribution in [0.3, 0.4) is 0 Å². The summed E-state index contributed by atoms with van der Waals surface area (Å²) < 4.78 is 35.0. The average Bonchev–Trinajstić information content (AvgIpc) is 2.19. The van der Waals surface area contributed by atoms with Crippen LogP contribution in [0.5, 0.6) is 0 Å². The molecule has 0 aliphatic heterocycles. The van der Waals surface area contributed by atoms with Gasteiger partial charge in [-0.25, -0.2) is 22.8 Å². The van der Waals surface area contributed by atoms with Crippen molar-refractivity contribution in [3.63, 3.8) is 0 Å². The molecular formula is C8H12FN3O2S2. The number of thioether (sulfide) groups is 1. The van der Waals surface area contributed by atoms with E-state index in [1.165, 1.54) is 0 Å². The Morgan fingerprint density at radius 3 is 2.81 bits per heavy atom. The number of nitrogens with one attached hydrogen (secondary N) is 1. The molecule has 0 unspecified atom stereocenters. The Morgan fingerprint density at radius 1 is 1.56 bits per heavy atom. The zero-order valence-corrected chi connectivity index (χ0v) is 10.5. The molecule has 0 radical (unpaired) electrons. The van der Waals surface area contributed by atoms with E-state index in [0.717, 1.165) is 24.2 Å². The highest BCUT2D eigenvalue weighted by molar-refractivity contribution is 8.00. The maximum absolute atomic E-state index is 13.2. The average molecular weight is 265 g/mol. The number of hydrogen-bond donors (Lipinski definition) is 1. The summed E-state index contributed by atoms with van der Waals surface area (Å²) in [5.74, 6) is 0.0343. The van der Waals surface area contributed by atoms with E-state index in [2.05, 4.69) is 15.3 Å². The van der Waals surface area contributed by atoms with Gasteiger partial charge in [-0.15, -0.1) is 11.8 Å². The van der Waals surface area contributed by atoms with Crippen molar-refractivity contribution in [1.82, 2.24) is 9.97 Å². The molecule has 0 saturated carbocycles. The Bertz CT molecular complexity index is 464. The van der Waals surface area contributed by atoms with Crippen LogP contribution in [0, 0.1) is 5.82 Å². The monoisotopic (exact) mass is 265 g/mol. The minimum absolute atomic E-state index is 0.00397. The van der Waals surface area contributed by atoms with E-state index in [4.69, 9.17) is 0 Å². The van der Waals surface area contributed by atoms with Crippen LogP contribution >= 0.6 is 11.8 Å². The topological polar surface area (TPSA) is 72.0 Å². The molecule has 1 N–H and O–H groups in total. The van der Waals surface area contributed by atoms with Crippen molar-refractivity contribution in [2.24, 2.45) is 0 Å². The van der Waals surface area contributed by atoms with Gasteiger partial charge in [-0.05, 0) is 0 Å². The second-order valence-electron chi connectivity index (χ2n) is 3.08. The van der Waals surface area contributed by atoms with Crippen molar-refractivity contribution in [3.8, 4) is 0 Å². The fourth-order valence-corrected chi connectivity index (χ4v) is 2.94. The number of sulfone groups is 1. The van der Waals surface area contributed by atoms with Crippen LogP contribution < -0.4 is 5.32 Å². The maximum atomic E-state index is 13.2. The molecule has 0 aromatic carbocycles. The third kappa shape index (κ3) is 4.31. The van der Waals surface area contributed by atoms with Crippen LogP contribution in [0.4, 0.5) is 10.3 Å². The van der Waals surface area contributed by atoms with Crippen LogP contribution in [0.2, 0.25) is 0 Å². The zero-order chi connectivity index (χ0) is 12.2. The molecule has 5 nitrogen and oxygen atoms in total. The lowest BCUT2D eigenvalue weighted by Gasteiger charge is -2.03. The first-order valence-corrected chi connectivity index (χ1v) is 7.48. The van der Waals surface area contributed by atoms with Gasteiger partial charge < -0.3 is 5.32 Å². The first-order valence-electron chi connectivity index (χ1n) is 4.43. The quantitative estimate of drug-likeness (QED) is 0.627. The Balaban J connectivity index is 2.66. The first kappa shape index (κ1) is 13.2. The predicted molar refractivity (Wildman–Crippen MR) is 62.0 cm³/mol. The normalized spacial score (nSPS) is 11.4. The number of anilines is 1. The fraction of sp³-hybridized carbons (Fsp3) is 0.500. The fourth-order valence-electron chi connectivity index (χ4n) is 0.863. The van der Waals surface area contributed by atoms with Crippen molar-refractivity contribution in [2.75, 3.05) is 30.1 Å². The molecule has 16 heavy (non-hydrogen) atoms. The lowest BCUT2D eigenvalue weighted by atomic mass is 10.6. The summed E-state index contributed by atoms with van der Waals surface area (Å²) in [6.07, 6.45) is 2.20. The van der Waals surface area contributed by atoms with Crippen molar-refractivity contribution < 1.29 is 12.8 Å². The van der Waals surface area contributed by atoms with Crippen molar-refractivity contribution >= 4 is 27.5 Å². The highest BCUT2D eigenvalue weighted by atomic mass is 32.2. The number of hydrogen-bond acceptors (Lipinski definition) is 6. The molecule has 8 heteroatoms. The third-order valence-electron chi connectivity index (χ3n) is 1.63. The van der Waals surface area contributed by atoms with Gasteiger partial charge in [0.05, 0.1) is 11.9 Å². The Hall–Kier alpha value is -0.890. The Kier molecular flexibility index (Phi) is 4.48. The van der Waals surface area contributed by atoms with Crippen LogP contribution in [-0.4, -0.2) is 43.2 Å². The molecule has 1 aromatic heterocycles. The van der Waals surface area contributed by atoms with Crippen molar-refractivity contribution in [1.29, 1.82) is 0 Å². The summed E-state index contributed by atoms with van der Waals surface area (Å²) in [4.78, 5) is 7.57. The molecule has 0 fully saturated rings. The van der Waals surface area contributed by atoms with E-state index >= 15 is 0 Å². The molecule has 90 valence electrons. The summed E-state index contributed by atoms with van der Waals surface area (Å²) in [7, 11) is -1.40. The van der Waals surface area contributed by atoms with E-state index in [1.807, 2.05) is 0 Å². The van der Waals surface area contributed by atoms with Gasteiger partial charge >= 0.3 is 0 Å². The zero-order valence-electron chi connectivity index (χ0n) is 8.90. The van der Waals surface area contributed by atoms with E-state index in [1.54, 1.807) is 7.05 Å². The Labute approximate surface area is 97.8 Å². The summed E-state index contributed by atoms with van der Waals surface area (Å²) >= 11 is 1.06. The number of halogens is 1. The minimum atomic E-state index is -3.03. The lowest BCUT2D eigenvalue weighted by molar-refractivity contribution is 0.580. The van der Waals surface area contributed by atoms with Crippen LogP contribution in [0.1, 0.15) is 0 Å². The molecule has 0 aliphatic carbocycles. The van der Waals surface area contributed by atoms with E-state index in [9.17, 15) is 12.8 Å². The molecule has 0 aliphatic rings. The van der Waals surface area contributed by atoms with E-state index in [0.29, 0.717) is 5.95 Å². The van der Waals surface area contributed by atoms with Gasteiger partial charge in [-0.3, -0.25) is 0 Å². The number of nitrogens with zero attached hydrogens (tertiary/aromatic N) is 2. The largest absolute Gasteiger partial charge is 0.357 e. The second kappa shape index (κ2) is 5.44. The third-order valence-corrected chi connectivity index (χ3v) is 3.80. The van der Waals surface area contributed by atoms with Gasteiger partial charge in [0.25, 0.3) is 0 Å². The highest BCUT2D eigenvalue weighted by Gasteiger charge is 2.09. The highest BCUT2D eigenvalue weighted by Crippen LogP contribution is 2.19. The van der Waals surface area contributed by atoms with Gasteiger partial charge in [-0.1, -0.05) is 0 Å². The second-order valence-corrected chi connectivity index (χ2v) is 6.42. The van der Waals surface area contributed by atoms with Crippen LogP contribution in [0.15, 0.2) is 11.2 Å². The van der Waals surface area contributed by atoms with Crippen molar-refractivity contribution in [3.05, 3.63) is 12.0 Å². The Morgan fingerprint density at radius 2 is 2.25 bits per heavy atom. The standard InChI is InChI=1S/C8H12FN3O2S2/c1-10-8-11-5-6(9)7(12-8)15-3-4-16(2,13)14/h5H,3-4H2,1-2H3,(H,10,11,12). The van der Waals surface area contributed by atoms with E-state index in [-0.39, 0.29) is 16.5 Å². The summed E-state index contributed by atoms with van der Waals surface area (Å²) in [6.45, 7) is 0. The lowest BCUT2D eigenvalue weighted by Crippen LogP contribution is -2.06. The summed E-state index contributed by atoms with van der Waals surface area (Å²) in [6, 6.07) is 0. The van der Waals surface area contributed by atoms with Gasteiger partial charge in [0.15, 0.2) is 5.82 Å². The van der Waals surface area contributed by atoms with Gasteiger partial charge in [-0.2, -0.15) is 0 Å². The molecule has 1 aromatic rings. The molecule has 0 spiro atoms. The predicted octanol–water partition coefficient (Wildman–Crippen LogP) is 0.794. The van der Waals surface area contributed by atoms with Crippen LogP contribution in [0.25, 0.3) is 0 Å². The minimum Gasteiger partial charge on any atom is -0.357 e. The molecule has 0 bridgehead atoms. The van der Waals surface area contributed by atoms with E-state index < -0.39 is 15.7 Å². The smallest absolute Gasteiger partial charge is 0.223 e. The molecule has 0 saturated heterocycles. The SMILES string of the molecule is CNc1ncc(F)c(SCCS(C)(=O)=O)n1. The molecular weight excluding hydrogens is 253 g/mol. The summed E-state index contributed by atoms with van der Waals surface area (Å²) in [5, 5.41) is 2.84. The first-order chi connectivity index (χ1) is 7.42. The summed E-state index contributed by atoms with van der Waals surface area (Å²) in [5.41, 5.74) is 0. The molecule has 1 rings (SSSR count). The maximum Gasteiger partial charge on any atom is 0.223 e. The number of aromatic nitrogens is 2. The molecule has 0 atom stereocenters. The van der Waals surface area contributed by atoms with Crippen molar-refractivity contribution in [2.45, 2.75) is 5.03 Å². The molecule has 1 heterocycles. The molecule has 0 amide bonds. The number of rotatable bonds is 5. The van der Waals surface area contributed by atoms with Crippen LogP contribution in [-0.2, 0) is 9.84 Å².